The molecule has 2 rings (SSSR count). The molecule has 0 aliphatic rings. The van der Waals surface area contributed by atoms with Crippen LogP contribution in [0.5, 0.6) is 11.5 Å². The van der Waals surface area contributed by atoms with Crippen molar-refractivity contribution < 1.29 is 17.9 Å². The van der Waals surface area contributed by atoms with E-state index in [-0.39, 0.29) is 6.10 Å². The lowest BCUT2D eigenvalue weighted by Crippen LogP contribution is -2.26. The molecular formula is C21H29NO4S. The van der Waals surface area contributed by atoms with Gasteiger partial charge in [-0.25, -0.2) is 13.1 Å². The number of hydrogen-bond acceptors (Lipinski definition) is 4. The second kappa shape index (κ2) is 9.24. The summed E-state index contributed by atoms with van der Waals surface area (Å²) in [6, 6.07) is 11.3. The van der Waals surface area contributed by atoms with E-state index in [4.69, 9.17) is 9.47 Å². The van der Waals surface area contributed by atoms with Crippen molar-refractivity contribution in [3.8, 4) is 11.5 Å². The van der Waals surface area contributed by atoms with Gasteiger partial charge in [0.15, 0.2) is 0 Å². The molecule has 0 aliphatic carbocycles. The van der Waals surface area contributed by atoms with Crippen molar-refractivity contribution in [2.45, 2.75) is 51.5 Å². The van der Waals surface area contributed by atoms with Gasteiger partial charge in [-0.15, -0.1) is 0 Å². The van der Waals surface area contributed by atoms with Gasteiger partial charge in [0.2, 0.25) is 10.0 Å². The average Bonchev–Trinajstić information content (AvgIpc) is 2.61. The number of sulfonamides is 1. The van der Waals surface area contributed by atoms with Gasteiger partial charge < -0.3 is 9.47 Å². The molecule has 27 heavy (non-hydrogen) atoms. The molecule has 0 unspecified atom stereocenters. The van der Waals surface area contributed by atoms with E-state index in [1.165, 1.54) is 0 Å². The lowest BCUT2D eigenvalue weighted by molar-refractivity contribution is 0.242. The Morgan fingerprint density at radius 3 is 2.30 bits per heavy atom. The molecule has 0 fully saturated rings. The van der Waals surface area contributed by atoms with E-state index in [1.54, 1.807) is 26.2 Å². The maximum absolute atomic E-state index is 12.6. The fourth-order valence-electron chi connectivity index (χ4n) is 2.86. The number of aryl methyl sites for hydroxylation is 3. The predicted molar refractivity (Wildman–Crippen MR) is 108 cm³/mol. The Labute approximate surface area is 162 Å². The van der Waals surface area contributed by atoms with Gasteiger partial charge in [0.05, 0.1) is 18.1 Å². The van der Waals surface area contributed by atoms with Gasteiger partial charge in [0.25, 0.3) is 0 Å². The highest BCUT2D eigenvalue weighted by molar-refractivity contribution is 7.89. The van der Waals surface area contributed by atoms with Crippen LogP contribution in [0.4, 0.5) is 0 Å². The van der Waals surface area contributed by atoms with Gasteiger partial charge in [0.1, 0.15) is 11.5 Å². The fourth-order valence-corrected chi connectivity index (χ4v) is 4.24. The summed E-state index contributed by atoms with van der Waals surface area (Å²) < 4.78 is 38.8. The molecule has 0 saturated carbocycles. The minimum Gasteiger partial charge on any atom is -0.496 e. The molecule has 0 aliphatic heterocycles. The van der Waals surface area contributed by atoms with Crippen molar-refractivity contribution in [3.63, 3.8) is 0 Å². The standard InChI is InChI=1S/C21H29NO4S/c1-15(2)26-19-10-8-18(9-11-19)7-6-12-22-27(23,24)21-14-16(3)20(25-5)13-17(21)4/h8-11,13-15,22H,6-7,12H2,1-5H3. The van der Waals surface area contributed by atoms with Crippen LogP contribution < -0.4 is 14.2 Å². The number of methoxy groups -OCH3 is 1. The summed E-state index contributed by atoms with van der Waals surface area (Å²) in [6.07, 6.45) is 1.67. The van der Waals surface area contributed by atoms with E-state index in [1.807, 2.05) is 45.0 Å². The summed E-state index contributed by atoms with van der Waals surface area (Å²) in [6.45, 7) is 7.98. The van der Waals surface area contributed by atoms with Gasteiger partial charge in [-0.2, -0.15) is 0 Å². The fraction of sp³-hybridized carbons (Fsp3) is 0.429. The molecule has 6 heteroatoms. The van der Waals surface area contributed by atoms with E-state index in [9.17, 15) is 8.42 Å². The first-order chi connectivity index (χ1) is 12.7. The van der Waals surface area contributed by atoms with Crippen molar-refractivity contribution in [1.82, 2.24) is 4.72 Å². The van der Waals surface area contributed by atoms with Crippen molar-refractivity contribution in [2.24, 2.45) is 0 Å². The first-order valence-electron chi connectivity index (χ1n) is 9.13. The van der Waals surface area contributed by atoms with Crippen LogP contribution in [-0.2, 0) is 16.4 Å². The summed E-state index contributed by atoms with van der Waals surface area (Å²) >= 11 is 0. The third-order valence-electron chi connectivity index (χ3n) is 4.21. The number of ether oxygens (including phenoxy) is 2. The molecular weight excluding hydrogens is 362 g/mol. The third-order valence-corrected chi connectivity index (χ3v) is 5.81. The van der Waals surface area contributed by atoms with Gasteiger partial charge in [-0.3, -0.25) is 0 Å². The van der Waals surface area contributed by atoms with E-state index in [0.717, 1.165) is 29.7 Å². The number of hydrogen-bond donors (Lipinski definition) is 1. The Morgan fingerprint density at radius 2 is 1.70 bits per heavy atom. The Hall–Kier alpha value is -2.05. The van der Waals surface area contributed by atoms with Gasteiger partial charge in [-0.05, 0) is 81.5 Å². The molecule has 0 saturated heterocycles. The Morgan fingerprint density at radius 1 is 1.04 bits per heavy atom. The lowest BCUT2D eigenvalue weighted by atomic mass is 10.1. The zero-order chi connectivity index (χ0) is 20.0. The number of nitrogens with one attached hydrogen (secondary N) is 1. The van der Waals surface area contributed by atoms with Gasteiger partial charge in [0, 0.05) is 6.54 Å². The normalized spacial score (nSPS) is 11.6. The first-order valence-corrected chi connectivity index (χ1v) is 10.6. The van der Waals surface area contributed by atoms with Crippen LogP contribution in [0.25, 0.3) is 0 Å². The van der Waals surface area contributed by atoms with Crippen molar-refractivity contribution in [2.75, 3.05) is 13.7 Å². The van der Waals surface area contributed by atoms with Crippen LogP contribution in [0.2, 0.25) is 0 Å². The second-order valence-corrected chi connectivity index (χ2v) is 8.63. The molecule has 0 heterocycles. The molecule has 5 nitrogen and oxygen atoms in total. The number of benzene rings is 2. The largest absolute Gasteiger partial charge is 0.496 e. The maximum atomic E-state index is 12.6. The van der Waals surface area contributed by atoms with Crippen molar-refractivity contribution in [3.05, 3.63) is 53.1 Å². The summed E-state index contributed by atoms with van der Waals surface area (Å²) in [7, 11) is -1.96. The zero-order valence-electron chi connectivity index (χ0n) is 16.7. The molecule has 0 bridgehead atoms. The zero-order valence-corrected chi connectivity index (χ0v) is 17.5. The molecule has 0 atom stereocenters. The lowest BCUT2D eigenvalue weighted by Gasteiger charge is -2.13. The van der Waals surface area contributed by atoms with E-state index >= 15 is 0 Å². The van der Waals surface area contributed by atoms with Gasteiger partial charge in [-0.1, -0.05) is 12.1 Å². The summed E-state index contributed by atoms with van der Waals surface area (Å²) in [5.41, 5.74) is 2.62. The second-order valence-electron chi connectivity index (χ2n) is 6.90. The first kappa shape index (κ1) is 21.3. The highest BCUT2D eigenvalue weighted by Crippen LogP contribution is 2.25. The van der Waals surface area contributed by atoms with Crippen molar-refractivity contribution in [1.29, 1.82) is 0 Å². The molecule has 148 valence electrons. The molecule has 0 amide bonds. The quantitative estimate of drug-likeness (QED) is 0.656. The highest BCUT2D eigenvalue weighted by atomic mass is 32.2. The molecule has 1 N–H and O–H groups in total. The summed E-state index contributed by atoms with van der Waals surface area (Å²) in [5, 5.41) is 0. The Kier molecular flexibility index (Phi) is 7.27. The Bertz CT molecular complexity index is 858. The van der Waals surface area contributed by atoms with E-state index < -0.39 is 10.0 Å². The summed E-state index contributed by atoms with van der Waals surface area (Å²) in [5.74, 6) is 1.54. The monoisotopic (exact) mass is 391 g/mol. The van der Waals surface area contributed by atoms with Crippen molar-refractivity contribution >= 4 is 10.0 Å². The van der Waals surface area contributed by atoms with Crippen LogP contribution >= 0.6 is 0 Å². The molecule has 2 aromatic carbocycles. The van der Waals surface area contributed by atoms with E-state index in [0.29, 0.717) is 22.8 Å². The van der Waals surface area contributed by atoms with Crippen LogP contribution in [0.1, 0.15) is 37.0 Å². The van der Waals surface area contributed by atoms with Crippen LogP contribution in [-0.4, -0.2) is 28.2 Å². The molecule has 0 spiro atoms. The van der Waals surface area contributed by atoms with Crippen LogP contribution in [0, 0.1) is 13.8 Å². The average molecular weight is 392 g/mol. The highest BCUT2D eigenvalue weighted by Gasteiger charge is 2.18. The summed E-state index contributed by atoms with van der Waals surface area (Å²) in [4.78, 5) is 0.302. The van der Waals surface area contributed by atoms with Crippen LogP contribution in [0.3, 0.4) is 0 Å². The number of rotatable bonds is 9. The maximum Gasteiger partial charge on any atom is 0.240 e. The predicted octanol–water partition coefficient (Wildman–Crippen LogP) is 4.01. The van der Waals surface area contributed by atoms with Crippen LogP contribution in [0.15, 0.2) is 41.3 Å². The molecule has 0 radical (unpaired) electrons. The third kappa shape index (κ3) is 5.97. The van der Waals surface area contributed by atoms with Gasteiger partial charge >= 0.3 is 0 Å². The smallest absolute Gasteiger partial charge is 0.240 e. The SMILES string of the molecule is COc1cc(C)c(S(=O)(=O)NCCCc2ccc(OC(C)C)cc2)cc1C. The van der Waals surface area contributed by atoms with E-state index in [2.05, 4.69) is 4.72 Å². The molecule has 0 aromatic heterocycles. The molecule has 2 aromatic rings. The minimum atomic E-state index is -3.54. The topological polar surface area (TPSA) is 64.6 Å². The Balaban J connectivity index is 1.92. The minimum absolute atomic E-state index is 0.148.